The summed E-state index contributed by atoms with van der Waals surface area (Å²) in [5, 5.41) is 61.7. The predicted molar refractivity (Wildman–Crippen MR) is 269 cm³/mol. The van der Waals surface area contributed by atoms with E-state index in [0.717, 1.165) is 24.0 Å². The molecule has 18 nitrogen and oxygen atoms in total. The van der Waals surface area contributed by atoms with E-state index in [1.165, 1.54) is 6.92 Å². The Morgan fingerprint density at radius 2 is 1.70 bits per heavy atom. The third kappa shape index (κ3) is 15.3. The first-order valence-corrected chi connectivity index (χ1v) is 26.0. The van der Waals surface area contributed by atoms with Crippen LogP contribution in [0.2, 0.25) is 0 Å². The summed E-state index contributed by atoms with van der Waals surface area (Å²) in [5.74, 6) is -3.64. The smallest absolute Gasteiger partial charge is 0.328 e. The first-order chi connectivity index (χ1) is 34.4. The lowest BCUT2D eigenvalue weighted by molar-refractivity contribution is -0.320. The van der Waals surface area contributed by atoms with Crippen LogP contribution in [0.1, 0.15) is 106 Å². The second-order valence-corrected chi connectivity index (χ2v) is 21.7. The van der Waals surface area contributed by atoms with Crippen molar-refractivity contribution < 1.29 is 77.9 Å². The van der Waals surface area contributed by atoms with Crippen molar-refractivity contribution in [1.29, 1.82) is 0 Å². The van der Waals surface area contributed by atoms with E-state index < -0.39 is 114 Å². The number of amides is 1. The highest BCUT2D eigenvalue weighted by Gasteiger charge is 2.56. The number of fused-ring (bicyclic) bond motifs is 2. The minimum Gasteiger partial charge on any atom is -0.465 e. The molecule has 1 aliphatic heterocycles. The minimum atomic E-state index is -1.79. The molecular weight excluding hydrogens is 945 g/mol. The standard InChI is InChI=1S/C55H84N2O16/c1-11-54(7,8)70-29-41-47(63)50(72-43(60)19-15-16-22-68-52(66)40(23-30(2)3)57-51(65)46(62)39(56)24-34-17-13-12-14-18-34)48(64)53(71-41)73-49-44-37(31(4)27-69-33(6)58)25-42(59)55(44,9)26-38-35(28-67-10)20-21-36(38)32(5)45(49)61/h11-14,17-18,26,30-32,35-36,39-42,45-50,53,59,61-64H,1,15-16,19-25,27-29,56H2,2-10H3,(H,57,65)/b38-26-/t31-,32-,35-,36+,39-,40+,41?,42+,45-,46+,47?,48?,49-,50?,53?,55+/m1/s1. The number of benzene rings is 1. The summed E-state index contributed by atoms with van der Waals surface area (Å²) in [7, 11) is 1.65. The highest BCUT2D eigenvalue weighted by molar-refractivity contribution is 5.87. The number of ether oxygens (including phenoxy) is 7. The highest BCUT2D eigenvalue weighted by Crippen LogP contribution is 2.56. The molecule has 5 rings (SSSR count). The first-order valence-electron chi connectivity index (χ1n) is 26.0. The molecule has 73 heavy (non-hydrogen) atoms. The topological polar surface area (TPSA) is 272 Å². The van der Waals surface area contributed by atoms with Gasteiger partial charge in [0.05, 0.1) is 44.2 Å². The molecule has 8 N–H and O–H groups in total. The van der Waals surface area contributed by atoms with Gasteiger partial charge in [-0.25, -0.2) is 4.79 Å². The molecular formula is C55H84N2O16. The van der Waals surface area contributed by atoms with Crippen molar-refractivity contribution in [2.24, 2.45) is 40.7 Å². The maximum Gasteiger partial charge on any atom is 0.328 e. The third-order valence-electron chi connectivity index (χ3n) is 15.1. The van der Waals surface area contributed by atoms with E-state index in [4.69, 9.17) is 38.9 Å². The summed E-state index contributed by atoms with van der Waals surface area (Å²) in [6.07, 6.45) is -6.72. The van der Waals surface area contributed by atoms with E-state index in [9.17, 15) is 44.7 Å². The molecule has 0 radical (unpaired) electrons. The normalized spacial score (nSPS) is 31.7. The molecule has 410 valence electrons. The Kier molecular flexibility index (Phi) is 21.8. The van der Waals surface area contributed by atoms with Gasteiger partial charge in [0, 0.05) is 43.7 Å². The molecule has 0 aromatic heterocycles. The molecule has 1 saturated heterocycles. The zero-order chi connectivity index (χ0) is 53.9. The molecule has 0 spiro atoms. The number of carbonyl (C=O) groups excluding carboxylic acids is 4. The number of hydrogen-bond donors (Lipinski definition) is 7. The van der Waals surface area contributed by atoms with Crippen LogP contribution in [0, 0.1) is 35.0 Å². The van der Waals surface area contributed by atoms with Crippen molar-refractivity contribution in [2.45, 2.75) is 180 Å². The second kappa shape index (κ2) is 26.6. The highest BCUT2D eigenvalue weighted by atomic mass is 16.7. The SMILES string of the molecule is C=CC(C)(C)OCC1OC(O[C@@H]2C3=C([C@H](C)COC(C)=O)C[C@H](O)[C@]3(C)/C=C3/[C@@H](COC)CC[C@H]3[C@@H](C)[C@H]2O)C(O)C(OC(=O)CCCCOC(=O)[C@H](CC(C)C)NC(=O)[C@@H](O)[C@H](N)Cc2ccccc2)C1O. The van der Waals surface area contributed by atoms with Crippen molar-refractivity contribution in [3.8, 4) is 0 Å². The summed E-state index contributed by atoms with van der Waals surface area (Å²) >= 11 is 0. The van der Waals surface area contributed by atoms with Crippen molar-refractivity contribution >= 4 is 23.8 Å². The van der Waals surface area contributed by atoms with E-state index in [1.807, 2.05) is 65.0 Å². The number of esters is 3. The maximum atomic E-state index is 13.6. The lowest BCUT2D eigenvalue weighted by Gasteiger charge is -2.47. The Morgan fingerprint density at radius 3 is 2.34 bits per heavy atom. The second-order valence-electron chi connectivity index (χ2n) is 21.7. The number of nitrogens with one attached hydrogen (secondary N) is 1. The molecule has 2 fully saturated rings. The van der Waals surface area contributed by atoms with Crippen molar-refractivity contribution in [3.05, 3.63) is 71.3 Å². The summed E-state index contributed by atoms with van der Waals surface area (Å²) in [6.45, 7) is 18.2. The monoisotopic (exact) mass is 1030 g/mol. The lowest BCUT2D eigenvalue weighted by atomic mass is 9.68. The van der Waals surface area contributed by atoms with Crippen molar-refractivity contribution in [1.82, 2.24) is 5.32 Å². The number of carbonyl (C=O) groups is 4. The summed E-state index contributed by atoms with van der Waals surface area (Å²) < 4.78 is 41.6. The van der Waals surface area contributed by atoms with Gasteiger partial charge in [0.25, 0.3) is 5.91 Å². The molecule has 18 heteroatoms. The van der Waals surface area contributed by atoms with Gasteiger partial charge in [-0.2, -0.15) is 0 Å². The van der Waals surface area contributed by atoms with Crippen LogP contribution >= 0.6 is 0 Å². The number of aliphatic hydroxyl groups excluding tert-OH is 5. The van der Waals surface area contributed by atoms with Gasteiger partial charge < -0.3 is 69.7 Å². The average molecular weight is 1030 g/mol. The number of methoxy groups -OCH3 is 1. The van der Waals surface area contributed by atoms with Gasteiger partial charge in [0.15, 0.2) is 12.4 Å². The largest absolute Gasteiger partial charge is 0.465 e. The average Bonchev–Trinajstić information content (AvgIpc) is 3.85. The van der Waals surface area contributed by atoms with Crippen LogP contribution in [0.3, 0.4) is 0 Å². The van der Waals surface area contributed by atoms with Crippen LogP contribution in [0.25, 0.3) is 0 Å². The summed E-state index contributed by atoms with van der Waals surface area (Å²) in [4.78, 5) is 51.8. The van der Waals surface area contributed by atoms with Gasteiger partial charge >= 0.3 is 17.9 Å². The molecule has 1 aromatic carbocycles. The Bertz CT molecular complexity index is 2080. The van der Waals surface area contributed by atoms with Gasteiger partial charge in [-0.15, -0.1) is 6.58 Å². The molecule has 4 aliphatic rings. The van der Waals surface area contributed by atoms with Crippen LogP contribution < -0.4 is 11.1 Å². The van der Waals surface area contributed by atoms with Crippen LogP contribution in [0.15, 0.2) is 65.8 Å². The van der Waals surface area contributed by atoms with Crippen molar-refractivity contribution in [3.63, 3.8) is 0 Å². The van der Waals surface area contributed by atoms with Gasteiger partial charge in [-0.1, -0.05) is 81.3 Å². The van der Waals surface area contributed by atoms with Gasteiger partial charge in [-0.05, 0) is 94.6 Å². The van der Waals surface area contributed by atoms with Crippen LogP contribution in [0.5, 0.6) is 0 Å². The summed E-state index contributed by atoms with van der Waals surface area (Å²) in [5.41, 5.74) is 7.39. The molecule has 1 heterocycles. The van der Waals surface area contributed by atoms with Crippen LogP contribution in [-0.4, -0.2) is 156 Å². The van der Waals surface area contributed by atoms with Crippen LogP contribution in [0.4, 0.5) is 0 Å². The summed E-state index contributed by atoms with van der Waals surface area (Å²) in [6, 6.07) is 7.19. The van der Waals surface area contributed by atoms with E-state index in [0.29, 0.717) is 17.8 Å². The molecule has 16 atom stereocenters. The Labute approximate surface area is 431 Å². The first kappa shape index (κ1) is 59.8. The molecule has 3 aliphatic carbocycles. The van der Waals surface area contributed by atoms with Gasteiger partial charge in [0.1, 0.15) is 36.6 Å². The van der Waals surface area contributed by atoms with Gasteiger partial charge in [0.2, 0.25) is 0 Å². The number of aliphatic hydroxyl groups is 5. The molecule has 0 bridgehead atoms. The van der Waals surface area contributed by atoms with Crippen LogP contribution in [-0.2, 0) is 58.8 Å². The Morgan fingerprint density at radius 1 is 1.00 bits per heavy atom. The number of rotatable bonds is 25. The molecule has 1 amide bonds. The van der Waals surface area contributed by atoms with Gasteiger partial charge in [-0.3, -0.25) is 14.4 Å². The fraction of sp³-hybridized carbons (Fsp3) is 0.709. The lowest BCUT2D eigenvalue weighted by Crippen LogP contribution is -2.62. The number of hydrogen-bond acceptors (Lipinski definition) is 17. The van der Waals surface area contributed by atoms with E-state index >= 15 is 0 Å². The molecule has 5 unspecified atom stereocenters. The zero-order valence-electron chi connectivity index (χ0n) is 44.3. The fourth-order valence-corrected chi connectivity index (χ4v) is 10.7. The number of nitrogens with two attached hydrogens (primary N) is 1. The zero-order valence-corrected chi connectivity index (χ0v) is 44.3. The van der Waals surface area contributed by atoms with E-state index in [-0.39, 0.29) is 76.1 Å². The van der Waals surface area contributed by atoms with E-state index in [1.54, 1.807) is 27.0 Å². The fourth-order valence-electron chi connectivity index (χ4n) is 10.7. The predicted octanol–water partition coefficient (Wildman–Crippen LogP) is 3.76. The third-order valence-corrected chi connectivity index (χ3v) is 15.1. The number of unbranched alkanes of at least 4 members (excludes halogenated alkanes) is 1. The minimum absolute atomic E-state index is 0.00190. The maximum absolute atomic E-state index is 13.6. The molecule has 1 saturated carbocycles. The Hall–Kier alpha value is -4.08. The van der Waals surface area contributed by atoms with E-state index in [2.05, 4.69) is 18.0 Å². The Balaban J connectivity index is 1.32. The molecule has 1 aromatic rings. The van der Waals surface area contributed by atoms with Crippen molar-refractivity contribution in [2.75, 3.05) is 33.5 Å². The quantitative estimate of drug-likeness (QED) is 0.0318.